The molecule has 0 bridgehead atoms. The van der Waals surface area contributed by atoms with Crippen LogP contribution in [0.5, 0.6) is 0 Å². The minimum atomic E-state index is -1.11. The van der Waals surface area contributed by atoms with Crippen molar-refractivity contribution >= 4 is 5.97 Å². The largest absolute Gasteiger partial charge is 0.459 e. The molecule has 0 aromatic carbocycles. The van der Waals surface area contributed by atoms with Crippen molar-refractivity contribution in [2.75, 3.05) is 6.61 Å². The Balaban J connectivity index is 4.38. The fraction of sp³-hybridized carbons (Fsp3) is 0.917. The SMILES string of the molecule is CC(C)(C)OC[C@@](C)(N)C(=O)OC(C)(C)C. The van der Waals surface area contributed by atoms with Crippen molar-refractivity contribution in [1.82, 2.24) is 0 Å². The second-order valence-corrected chi connectivity index (χ2v) is 6.32. The third kappa shape index (κ3) is 6.80. The van der Waals surface area contributed by atoms with E-state index in [2.05, 4.69) is 0 Å². The lowest BCUT2D eigenvalue weighted by Crippen LogP contribution is -2.53. The Morgan fingerprint density at radius 3 is 1.75 bits per heavy atom. The Bertz CT molecular complexity index is 246. The van der Waals surface area contributed by atoms with E-state index < -0.39 is 17.1 Å². The number of nitrogens with two attached hydrogens (primary N) is 1. The van der Waals surface area contributed by atoms with E-state index >= 15 is 0 Å². The molecule has 0 aromatic rings. The topological polar surface area (TPSA) is 61.5 Å². The first-order valence-electron chi connectivity index (χ1n) is 5.50. The fourth-order valence-electron chi connectivity index (χ4n) is 0.820. The van der Waals surface area contributed by atoms with Gasteiger partial charge in [-0.05, 0) is 48.5 Å². The number of esters is 1. The molecule has 0 spiro atoms. The lowest BCUT2D eigenvalue weighted by molar-refractivity contribution is -0.165. The first kappa shape index (κ1) is 15.4. The summed E-state index contributed by atoms with van der Waals surface area (Å²) in [6, 6.07) is 0. The molecule has 0 aromatic heterocycles. The van der Waals surface area contributed by atoms with Gasteiger partial charge in [0.25, 0.3) is 0 Å². The van der Waals surface area contributed by atoms with Crippen LogP contribution in [0, 0.1) is 0 Å². The highest BCUT2D eigenvalue weighted by molar-refractivity contribution is 5.80. The summed E-state index contributed by atoms with van der Waals surface area (Å²) in [5, 5.41) is 0. The monoisotopic (exact) mass is 231 g/mol. The van der Waals surface area contributed by atoms with Crippen LogP contribution in [-0.4, -0.2) is 29.3 Å². The minimum Gasteiger partial charge on any atom is -0.459 e. The highest BCUT2D eigenvalue weighted by Crippen LogP contribution is 2.15. The maximum Gasteiger partial charge on any atom is 0.328 e. The standard InChI is InChI=1S/C12H25NO3/c1-10(2,3)15-8-12(7,13)9(14)16-11(4,5)6/h8,13H2,1-7H3/t12-/m1/s1. The Kier molecular flexibility index (Phi) is 4.54. The van der Waals surface area contributed by atoms with Crippen molar-refractivity contribution in [3.05, 3.63) is 0 Å². The van der Waals surface area contributed by atoms with Gasteiger partial charge in [0.1, 0.15) is 11.1 Å². The van der Waals surface area contributed by atoms with Gasteiger partial charge < -0.3 is 15.2 Å². The van der Waals surface area contributed by atoms with E-state index in [1.165, 1.54) is 0 Å². The first-order chi connectivity index (χ1) is 6.83. The summed E-state index contributed by atoms with van der Waals surface area (Å²) in [6.45, 7) is 12.9. The van der Waals surface area contributed by atoms with Crippen LogP contribution in [0.4, 0.5) is 0 Å². The predicted octanol–water partition coefficient (Wildman–Crippen LogP) is 1.86. The second kappa shape index (κ2) is 4.72. The third-order valence-corrected chi connectivity index (χ3v) is 1.67. The molecule has 0 heterocycles. The van der Waals surface area contributed by atoms with Gasteiger partial charge in [0, 0.05) is 0 Å². The number of hydrogen-bond acceptors (Lipinski definition) is 4. The highest BCUT2D eigenvalue weighted by Gasteiger charge is 2.34. The average molecular weight is 231 g/mol. The van der Waals surface area contributed by atoms with E-state index in [9.17, 15) is 4.79 Å². The molecule has 0 fully saturated rings. The van der Waals surface area contributed by atoms with Crippen LogP contribution in [0.25, 0.3) is 0 Å². The van der Waals surface area contributed by atoms with Gasteiger partial charge in [-0.2, -0.15) is 0 Å². The molecule has 0 radical (unpaired) electrons. The average Bonchev–Trinajstić information content (AvgIpc) is 1.96. The molecule has 0 aliphatic carbocycles. The van der Waals surface area contributed by atoms with Gasteiger partial charge in [-0.1, -0.05) is 0 Å². The maximum absolute atomic E-state index is 11.8. The normalized spacial score (nSPS) is 16.8. The van der Waals surface area contributed by atoms with E-state index in [-0.39, 0.29) is 12.2 Å². The lowest BCUT2D eigenvalue weighted by Gasteiger charge is -2.30. The van der Waals surface area contributed by atoms with Gasteiger partial charge in [-0.25, -0.2) is 4.79 Å². The zero-order valence-corrected chi connectivity index (χ0v) is 11.5. The molecular weight excluding hydrogens is 206 g/mol. The summed E-state index contributed by atoms with van der Waals surface area (Å²) < 4.78 is 10.7. The Hall–Kier alpha value is -0.610. The van der Waals surface area contributed by atoms with Crippen molar-refractivity contribution in [3.8, 4) is 0 Å². The molecule has 0 saturated heterocycles. The highest BCUT2D eigenvalue weighted by atomic mass is 16.6. The van der Waals surface area contributed by atoms with Crippen LogP contribution in [0.2, 0.25) is 0 Å². The zero-order valence-electron chi connectivity index (χ0n) is 11.5. The Morgan fingerprint density at radius 2 is 1.44 bits per heavy atom. The number of hydrogen-bond donors (Lipinski definition) is 1. The quantitative estimate of drug-likeness (QED) is 0.753. The van der Waals surface area contributed by atoms with Crippen LogP contribution in [0.3, 0.4) is 0 Å². The van der Waals surface area contributed by atoms with Crippen LogP contribution in [0.15, 0.2) is 0 Å². The molecule has 0 aliphatic heterocycles. The third-order valence-electron chi connectivity index (χ3n) is 1.67. The van der Waals surface area contributed by atoms with E-state index in [1.807, 2.05) is 41.5 Å². The van der Waals surface area contributed by atoms with Gasteiger partial charge in [0.15, 0.2) is 0 Å². The molecule has 4 nitrogen and oxygen atoms in total. The first-order valence-corrected chi connectivity index (χ1v) is 5.50. The van der Waals surface area contributed by atoms with E-state index in [0.29, 0.717) is 0 Å². The minimum absolute atomic E-state index is 0.144. The molecule has 4 heteroatoms. The van der Waals surface area contributed by atoms with Gasteiger partial charge >= 0.3 is 5.97 Å². The van der Waals surface area contributed by atoms with E-state index in [0.717, 1.165) is 0 Å². The van der Waals surface area contributed by atoms with Crippen molar-refractivity contribution < 1.29 is 14.3 Å². The molecule has 1 atom stereocenters. The van der Waals surface area contributed by atoms with E-state index in [1.54, 1.807) is 6.92 Å². The Morgan fingerprint density at radius 1 is 1.00 bits per heavy atom. The smallest absolute Gasteiger partial charge is 0.328 e. The molecule has 2 N–H and O–H groups in total. The van der Waals surface area contributed by atoms with Crippen molar-refractivity contribution in [2.24, 2.45) is 5.73 Å². The predicted molar refractivity (Wildman–Crippen MR) is 64.1 cm³/mol. The number of carbonyl (C=O) groups excluding carboxylic acids is 1. The summed E-state index contributed by atoms with van der Waals surface area (Å²) in [4.78, 5) is 11.8. The summed E-state index contributed by atoms with van der Waals surface area (Å²) in [7, 11) is 0. The Labute approximate surface area is 98.5 Å². The van der Waals surface area contributed by atoms with E-state index in [4.69, 9.17) is 15.2 Å². The maximum atomic E-state index is 11.8. The van der Waals surface area contributed by atoms with Crippen LogP contribution in [0.1, 0.15) is 48.5 Å². The molecule has 16 heavy (non-hydrogen) atoms. The molecule has 0 saturated carbocycles. The van der Waals surface area contributed by atoms with Crippen molar-refractivity contribution in [2.45, 2.75) is 65.2 Å². The summed E-state index contributed by atoms with van der Waals surface area (Å²) in [6.07, 6.45) is 0. The number of rotatable bonds is 3. The summed E-state index contributed by atoms with van der Waals surface area (Å²) in [5.41, 5.74) is 3.92. The van der Waals surface area contributed by atoms with Crippen LogP contribution in [-0.2, 0) is 14.3 Å². The molecule has 0 aliphatic rings. The number of carbonyl (C=O) groups is 1. The number of ether oxygens (including phenoxy) is 2. The zero-order chi connectivity index (χ0) is 13.2. The molecular formula is C12H25NO3. The summed E-state index contributed by atoms with van der Waals surface area (Å²) in [5.74, 6) is -0.441. The van der Waals surface area contributed by atoms with Gasteiger partial charge in [-0.15, -0.1) is 0 Å². The molecule has 0 amide bonds. The molecule has 0 unspecified atom stereocenters. The van der Waals surface area contributed by atoms with Crippen LogP contribution < -0.4 is 5.73 Å². The molecule has 96 valence electrons. The lowest BCUT2D eigenvalue weighted by atomic mass is 10.0. The van der Waals surface area contributed by atoms with Gasteiger partial charge in [0.05, 0.1) is 12.2 Å². The summed E-state index contributed by atoms with van der Waals surface area (Å²) >= 11 is 0. The second-order valence-electron chi connectivity index (χ2n) is 6.32. The van der Waals surface area contributed by atoms with Gasteiger partial charge in [0.2, 0.25) is 0 Å². The van der Waals surface area contributed by atoms with Crippen LogP contribution >= 0.6 is 0 Å². The van der Waals surface area contributed by atoms with Gasteiger partial charge in [-0.3, -0.25) is 0 Å². The van der Waals surface area contributed by atoms with Crippen molar-refractivity contribution in [1.29, 1.82) is 0 Å². The van der Waals surface area contributed by atoms with Crippen molar-refractivity contribution in [3.63, 3.8) is 0 Å². The fourth-order valence-corrected chi connectivity index (χ4v) is 0.820. The molecule has 0 rings (SSSR count).